The van der Waals surface area contributed by atoms with Crippen molar-refractivity contribution in [2.75, 3.05) is 26.2 Å². The van der Waals surface area contributed by atoms with Gasteiger partial charge in [-0.2, -0.15) is 0 Å². The molecule has 0 heterocycles. The molecule has 0 aromatic heterocycles. The van der Waals surface area contributed by atoms with E-state index in [1.807, 2.05) is 0 Å². The smallest absolute Gasteiger partial charge is 0.656 e. The molecule has 0 aliphatic heterocycles. The van der Waals surface area contributed by atoms with Crippen molar-refractivity contribution in [1.29, 1.82) is 0 Å². The molecule has 0 aromatic carbocycles. The molecular weight excluding hydrogens is 196 g/mol. The van der Waals surface area contributed by atoms with Crippen LogP contribution in [0.1, 0.15) is 0 Å². The fourth-order valence-electron chi connectivity index (χ4n) is 0.514. The zero-order valence-electron chi connectivity index (χ0n) is 9.57. The molecule has 15 heavy (non-hydrogen) atoms. The van der Waals surface area contributed by atoms with Crippen LogP contribution in [0.15, 0.2) is 50.6 Å². The van der Waals surface area contributed by atoms with Gasteiger partial charge in [-0.1, -0.05) is 0 Å². The fourth-order valence-corrected chi connectivity index (χ4v) is 0.514. The summed E-state index contributed by atoms with van der Waals surface area (Å²) in [4.78, 5) is 0. The first-order valence-electron chi connectivity index (χ1n) is 4.53. The number of nitrogens with zero attached hydrogens (tertiary/aromatic N) is 2. The number of hydrogen-bond acceptors (Lipinski definition) is 0. The Hall–Kier alpha value is -0.354. The minimum Gasteiger partial charge on any atom is -0.656 e. The molecule has 0 aliphatic carbocycles. The third-order valence-corrected chi connectivity index (χ3v) is 1.03. The average Bonchev–Trinajstić information content (AvgIpc) is 2.21. The van der Waals surface area contributed by atoms with Gasteiger partial charge in [-0.05, 0) is 0 Å². The third kappa shape index (κ3) is 31.7. The van der Waals surface area contributed by atoms with Crippen LogP contribution < -0.4 is 0 Å². The Kier molecular flexibility index (Phi) is 31.4. The van der Waals surface area contributed by atoms with Gasteiger partial charge in [0.05, 0.1) is 0 Å². The second kappa shape index (κ2) is 23.5. The summed E-state index contributed by atoms with van der Waals surface area (Å²) in [5.41, 5.74) is 0. The number of rotatable bonds is 8. The van der Waals surface area contributed by atoms with Crippen LogP contribution in [0.5, 0.6) is 0 Å². The van der Waals surface area contributed by atoms with Crippen LogP contribution in [0, 0.1) is 0 Å². The van der Waals surface area contributed by atoms with Gasteiger partial charge in [-0.3, -0.25) is 0 Å². The van der Waals surface area contributed by atoms with E-state index in [4.69, 9.17) is 0 Å². The molecule has 0 saturated heterocycles. The molecule has 0 N–H and O–H groups in total. The zero-order valence-corrected chi connectivity index (χ0v) is 11.0. The van der Waals surface area contributed by atoms with Crippen molar-refractivity contribution < 1.29 is 0 Å². The Morgan fingerprint density at radius 2 is 0.800 bits per heavy atom. The summed E-state index contributed by atoms with van der Waals surface area (Å²) < 4.78 is 0. The molecule has 3 heteroatoms. The maximum atomic E-state index is 3.97. The first-order chi connectivity index (χ1) is 6.83. The Labute approximate surface area is 110 Å². The minimum atomic E-state index is 0. The maximum absolute atomic E-state index is 3.97. The SMILES string of the molecule is C=CC[N-]CC=C.C=CC[N-]CC=C.[Mg+2]. The summed E-state index contributed by atoms with van der Waals surface area (Å²) in [6, 6.07) is 0. The summed E-state index contributed by atoms with van der Waals surface area (Å²) in [6.07, 6.45) is 7.07. The van der Waals surface area contributed by atoms with Gasteiger partial charge in [-0.25, -0.2) is 0 Å². The minimum absolute atomic E-state index is 0. The van der Waals surface area contributed by atoms with Crippen molar-refractivity contribution in [1.82, 2.24) is 0 Å². The van der Waals surface area contributed by atoms with Crippen LogP contribution in [0.2, 0.25) is 0 Å². The second-order valence-corrected chi connectivity index (χ2v) is 2.33. The largest absolute Gasteiger partial charge is 2.00 e. The molecule has 0 radical (unpaired) electrons. The molecule has 0 bridgehead atoms. The van der Waals surface area contributed by atoms with Gasteiger partial charge in [0, 0.05) is 0 Å². The summed E-state index contributed by atoms with van der Waals surface area (Å²) in [6.45, 7) is 17.0. The van der Waals surface area contributed by atoms with Crippen molar-refractivity contribution >= 4 is 23.1 Å². The van der Waals surface area contributed by atoms with Gasteiger partial charge in [0.25, 0.3) is 0 Å². The Balaban J connectivity index is -0.000000180. The molecule has 2 nitrogen and oxygen atoms in total. The normalized spacial score (nSPS) is 7.47. The van der Waals surface area contributed by atoms with Crippen LogP contribution in [0.3, 0.4) is 0 Å². The monoisotopic (exact) mass is 216 g/mol. The van der Waals surface area contributed by atoms with Gasteiger partial charge in [0.2, 0.25) is 0 Å². The van der Waals surface area contributed by atoms with Crippen molar-refractivity contribution in [2.45, 2.75) is 0 Å². The average molecular weight is 217 g/mol. The predicted molar refractivity (Wildman–Crippen MR) is 72.7 cm³/mol. The Bertz CT molecular complexity index is 122. The summed E-state index contributed by atoms with van der Waals surface area (Å²) in [5.74, 6) is 0. The van der Waals surface area contributed by atoms with Gasteiger partial charge < -0.3 is 10.6 Å². The van der Waals surface area contributed by atoms with Crippen LogP contribution in [0.4, 0.5) is 0 Å². The van der Waals surface area contributed by atoms with Gasteiger partial charge in [0.15, 0.2) is 0 Å². The quantitative estimate of drug-likeness (QED) is 0.339. The van der Waals surface area contributed by atoms with E-state index < -0.39 is 0 Å². The Morgan fingerprint density at radius 3 is 0.933 bits per heavy atom. The second-order valence-electron chi connectivity index (χ2n) is 2.33. The Morgan fingerprint density at radius 1 is 0.600 bits per heavy atom. The molecule has 0 spiro atoms. The molecule has 0 fully saturated rings. The molecule has 0 rings (SSSR count). The molecule has 0 unspecified atom stereocenters. The molecular formula is C12H20MgN2. The van der Waals surface area contributed by atoms with Crippen molar-refractivity contribution in [3.05, 3.63) is 61.3 Å². The molecule has 0 atom stereocenters. The van der Waals surface area contributed by atoms with Crippen LogP contribution in [0.25, 0.3) is 10.6 Å². The van der Waals surface area contributed by atoms with Gasteiger partial charge >= 0.3 is 23.1 Å². The van der Waals surface area contributed by atoms with Crippen LogP contribution in [-0.2, 0) is 0 Å². The molecule has 0 aliphatic rings. The van der Waals surface area contributed by atoms with Crippen molar-refractivity contribution in [3.8, 4) is 0 Å². The van der Waals surface area contributed by atoms with Gasteiger partial charge in [-0.15, -0.1) is 76.8 Å². The maximum Gasteiger partial charge on any atom is 2.00 e. The van der Waals surface area contributed by atoms with Crippen LogP contribution in [-0.4, -0.2) is 49.2 Å². The standard InChI is InChI=1S/2C6H10N.Mg/c2*1-3-5-7-6-4-2;/h2*3-4H,1-2,5-6H2;/q2*-1;+2. The fraction of sp³-hybridized carbons (Fsp3) is 0.333. The first kappa shape index (κ1) is 20.1. The summed E-state index contributed by atoms with van der Waals surface area (Å²) in [5, 5.41) is 7.94. The molecule has 0 saturated carbocycles. The summed E-state index contributed by atoms with van der Waals surface area (Å²) >= 11 is 0. The van der Waals surface area contributed by atoms with E-state index in [1.54, 1.807) is 24.3 Å². The summed E-state index contributed by atoms with van der Waals surface area (Å²) in [7, 11) is 0. The van der Waals surface area contributed by atoms with E-state index in [1.165, 1.54) is 0 Å². The van der Waals surface area contributed by atoms with E-state index >= 15 is 0 Å². The number of hydrogen-bond donors (Lipinski definition) is 0. The topological polar surface area (TPSA) is 28.2 Å². The van der Waals surface area contributed by atoms with E-state index in [0.717, 1.165) is 26.2 Å². The zero-order chi connectivity index (χ0) is 11.1. The predicted octanol–water partition coefficient (Wildman–Crippen LogP) is 3.08. The van der Waals surface area contributed by atoms with Gasteiger partial charge in [0.1, 0.15) is 0 Å². The molecule has 0 aromatic rings. The van der Waals surface area contributed by atoms with Crippen molar-refractivity contribution in [2.24, 2.45) is 0 Å². The first-order valence-corrected chi connectivity index (χ1v) is 4.53. The van der Waals surface area contributed by atoms with Crippen LogP contribution >= 0.6 is 0 Å². The third-order valence-electron chi connectivity index (χ3n) is 1.03. The molecule has 80 valence electrons. The van der Waals surface area contributed by atoms with E-state index in [-0.39, 0.29) is 23.1 Å². The van der Waals surface area contributed by atoms with E-state index in [2.05, 4.69) is 36.9 Å². The van der Waals surface area contributed by atoms with Crippen molar-refractivity contribution in [3.63, 3.8) is 0 Å². The molecule has 0 amide bonds. The van der Waals surface area contributed by atoms with E-state index in [9.17, 15) is 0 Å². The van der Waals surface area contributed by atoms with E-state index in [0.29, 0.717) is 0 Å².